The Balaban J connectivity index is 2.47. The molecule has 0 amide bonds. The maximum atomic E-state index is 5.92. The molecule has 0 aliphatic heterocycles. The van der Waals surface area contributed by atoms with Gasteiger partial charge in [0, 0.05) is 12.8 Å². The molecule has 2 N–H and O–H groups in total. The highest BCUT2D eigenvalue weighted by Crippen LogP contribution is 2.08. The normalized spacial score (nSPS) is 12.8. The number of hydrogen-bond acceptors (Lipinski definition) is 3. The molecule has 14 heavy (non-hydrogen) atoms. The van der Waals surface area contributed by atoms with Crippen molar-refractivity contribution in [2.45, 2.75) is 26.3 Å². The second kappa shape index (κ2) is 5.73. The van der Waals surface area contributed by atoms with Crippen LogP contribution >= 0.6 is 0 Å². The predicted octanol–water partition coefficient (Wildman–Crippen LogP) is 1.82. The predicted molar refractivity (Wildman–Crippen MR) is 57.0 cm³/mol. The van der Waals surface area contributed by atoms with Crippen molar-refractivity contribution in [3.8, 4) is 0 Å². The van der Waals surface area contributed by atoms with Crippen LogP contribution in [0.1, 0.15) is 30.6 Å². The molecule has 0 bridgehead atoms. The first-order chi connectivity index (χ1) is 6.74. The third-order valence-corrected chi connectivity index (χ3v) is 1.96. The number of nitrogens with zero attached hydrogens (tertiary/aromatic N) is 1. The summed E-state index contributed by atoms with van der Waals surface area (Å²) < 4.78 is 5.37. The van der Waals surface area contributed by atoms with Crippen LogP contribution in [0.15, 0.2) is 18.3 Å². The second-order valence-corrected chi connectivity index (χ2v) is 3.44. The number of aryl methyl sites for hydroxylation is 1. The van der Waals surface area contributed by atoms with Crippen LogP contribution < -0.4 is 5.73 Å². The lowest BCUT2D eigenvalue weighted by molar-refractivity contribution is 0.120. The second-order valence-electron chi connectivity index (χ2n) is 3.44. The van der Waals surface area contributed by atoms with Crippen LogP contribution in [0, 0.1) is 6.92 Å². The van der Waals surface area contributed by atoms with Gasteiger partial charge in [-0.25, -0.2) is 0 Å². The van der Waals surface area contributed by atoms with Gasteiger partial charge in [0.25, 0.3) is 0 Å². The standard InChI is InChI=1S/C11H18N2O/c1-3-6-14-8-10(12)11-7-9(2)4-5-13-11/h4-5,7,10H,3,6,8,12H2,1-2H3. The lowest BCUT2D eigenvalue weighted by atomic mass is 10.1. The van der Waals surface area contributed by atoms with E-state index in [2.05, 4.69) is 11.9 Å². The topological polar surface area (TPSA) is 48.1 Å². The molecule has 0 fully saturated rings. The fourth-order valence-corrected chi connectivity index (χ4v) is 1.20. The Hall–Kier alpha value is -0.930. The molecule has 3 heteroatoms. The third-order valence-electron chi connectivity index (χ3n) is 1.96. The molecule has 1 aromatic rings. The fourth-order valence-electron chi connectivity index (χ4n) is 1.20. The number of rotatable bonds is 5. The van der Waals surface area contributed by atoms with E-state index in [0.29, 0.717) is 6.61 Å². The van der Waals surface area contributed by atoms with Crippen molar-refractivity contribution in [3.05, 3.63) is 29.6 Å². The van der Waals surface area contributed by atoms with Gasteiger partial charge in [0.15, 0.2) is 0 Å². The van der Waals surface area contributed by atoms with Crippen molar-refractivity contribution in [1.29, 1.82) is 0 Å². The molecule has 0 aliphatic carbocycles. The Kier molecular flexibility index (Phi) is 4.56. The summed E-state index contributed by atoms with van der Waals surface area (Å²) in [4.78, 5) is 4.21. The molecule has 3 nitrogen and oxygen atoms in total. The first-order valence-corrected chi connectivity index (χ1v) is 5.00. The van der Waals surface area contributed by atoms with E-state index in [1.54, 1.807) is 6.20 Å². The van der Waals surface area contributed by atoms with Gasteiger partial charge in [-0.3, -0.25) is 4.98 Å². The Labute approximate surface area is 85.3 Å². The van der Waals surface area contributed by atoms with Crippen molar-refractivity contribution in [3.63, 3.8) is 0 Å². The lowest BCUT2D eigenvalue weighted by Crippen LogP contribution is -2.18. The van der Waals surface area contributed by atoms with E-state index in [1.165, 1.54) is 5.56 Å². The summed E-state index contributed by atoms with van der Waals surface area (Å²) in [6, 6.07) is 3.85. The third kappa shape index (κ3) is 3.44. The van der Waals surface area contributed by atoms with Crippen molar-refractivity contribution in [2.24, 2.45) is 5.73 Å². The van der Waals surface area contributed by atoms with Crippen LogP contribution in [0.2, 0.25) is 0 Å². The number of hydrogen-bond donors (Lipinski definition) is 1. The zero-order valence-electron chi connectivity index (χ0n) is 8.86. The molecule has 1 atom stereocenters. The molecule has 1 heterocycles. The molecule has 1 aromatic heterocycles. The van der Waals surface area contributed by atoms with Gasteiger partial charge in [0.05, 0.1) is 18.3 Å². The summed E-state index contributed by atoms with van der Waals surface area (Å²) >= 11 is 0. The van der Waals surface area contributed by atoms with Crippen LogP contribution in [-0.4, -0.2) is 18.2 Å². The molecule has 0 radical (unpaired) electrons. The molecule has 0 saturated carbocycles. The Morgan fingerprint density at radius 3 is 3.00 bits per heavy atom. The van der Waals surface area contributed by atoms with Crippen molar-refractivity contribution >= 4 is 0 Å². The van der Waals surface area contributed by atoms with Gasteiger partial charge < -0.3 is 10.5 Å². The van der Waals surface area contributed by atoms with Gasteiger partial charge in [-0.15, -0.1) is 0 Å². The molecule has 1 rings (SSSR count). The van der Waals surface area contributed by atoms with Gasteiger partial charge in [-0.05, 0) is 31.0 Å². The van der Waals surface area contributed by atoms with E-state index in [1.807, 2.05) is 19.1 Å². The summed E-state index contributed by atoms with van der Waals surface area (Å²) in [5.41, 5.74) is 8.00. The number of aromatic nitrogens is 1. The minimum absolute atomic E-state index is 0.110. The highest BCUT2D eigenvalue weighted by molar-refractivity contribution is 5.16. The molecule has 1 unspecified atom stereocenters. The first-order valence-electron chi connectivity index (χ1n) is 5.00. The maximum Gasteiger partial charge on any atom is 0.0707 e. The number of ether oxygens (including phenoxy) is 1. The fraction of sp³-hybridized carbons (Fsp3) is 0.545. The summed E-state index contributed by atoms with van der Waals surface area (Å²) in [5, 5.41) is 0. The summed E-state index contributed by atoms with van der Waals surface area (Å²) in [6.07, 6.45) is 2.80. The Morgan fingerprint density at radius 2 is 2.36 bits per heavy atom. The minimum atomic E-state index is -0.110. The molecule has 0 aromatic carbocycles. The van der Waals surface area contributed by atoms with Crippen LogP contribution in [0.5, 0.6) is 0 Å². The van der Waals surface area contributed by atoms with Gasteiger partial charge >= 0.3 is 0 Å². The van der Waals surface area contributed by atoms with Crippen LogP contribution in [0.25, 0.3) is 0 Å². The number of pyridine rings is 1. The van der Waals surface area contributed by atoms with E-state index in [9.17, 15) is 0 Å². The quantitative estimate of drug-likeness (QED) is 0.727. The molecule has 78 valence electrons. The molecular weight excluding hydrogens is 176 g/mol. The minimum Gasteiger partial charge on any atom is -0.379 e. The molecule has 0 aliphatic rings. The number of nitrogens with two attached hydrogens (primary N) is 1. The maximum absolute atomic E-state index is 5.92. The van der Waals surface area contributed by atoms with Crippen molar-refractivity contribution < 1.29 is 4.74 Å². The van der Waals surface area contributed by atoms with E-state index >= 15 is 0 Å². The Bertz CT molecular complexity index is 276. The summed E-state index contributed by atoms with van der Waals surface area (Å²) in [5.74, 6) is 0. The molecule has 0 spiro atoms. The van der Waals surface area contributed by atoms with E-state index in [-0.39, 0.29) is 6.04 Å². The van der Waals surface area contributed by atoms with Crippen LogP contribution in [0.3, 0.4) is 0 Å². The largest absolute Gasteiger partial charge is 0.379 e. The first kappa shape index (κ1) is 11.1. The van der Waals surface area contributed by atoms with Gasteiger partial charge in [0.2, 0.25) is 0 Å². The lowest BCUT2D eigenvalue weighted by Gasteiger charge is -2.11. The average molecular weight is 194 g/mol. The van der Waals surface area contributed by atoms with Gasteiger partial charge in [-0.2, -0.15) is 0 Å². The smallest absolute Gasteiger partial charge is 0.0707 e. The summed E-state index contributed by atoms with van der Waals surface area (Å²) in [7, 11) is 0. The van der Waals surface area contributed by atoms with Gasteiger partial charge in [-0.1, -0.05) is 6.92 Å². The zero-order valence-corrected chi connectivity index (χ0v) is 8.86. The van der Waals surface area contributed by atoms with Crippen LogP contribution in [-0.2, 0) is 4.74 Å². The zero-order chi connectivity index (χ0) is 10.4. The van der Waals surface area contributed by atoms with E-state index in [0.717, 1.165) is 18.7 Å². The van der Waals surface area contributed by atoms with Crippen molar-refractivity contribution in [2.75, 3.05) is 13.2 Å². The van der Waals surface area contributed by atoms with Gasteiger partial charge in [0.1, 0.15) is 0 Å². The summed E-state index contributed by atoms with van der Waals surface area (Å²) in [6.45, 7) is 5.42. The average Bonchev–Trinajstić information content (AvgIpc) is 2.18. The highest BCUT2D eigenvalue weighted by atomic mass is 16.5. The van der Waals surface area contributed by atoms with E-state index in [4.69, 9.17) is 10.5 Å². The van der Waals surface area contributed by atoms with E-state index < -0.39 is 0 Å². The SMILES string of the molecule is CCCOCC(N)c1cc(C)ccn1. The highest BCUT2D eigenvalue weighted by Gasteiger charge is 2.06. The molecular formula is C11H18N2O. The molecule has 0 saturated heterocycles. The Morgan fingerprint density at radius 1 is 1.57 bits per heavy atom. The van der Waals surface area contributed by atoms with Crippen LogP contribution in [0.4, 0.5) is 0 Å². The van der Waals surface area contributed by atoms with Crippen molar-refractivity contribution in [1.82, 2.24) is 4.98 Å². The monoisotopic (exact) mass is 194 g/mol.